The van der Waals surface area contributed by atoms with Crippen LogP contribution in [-0.2, 0) is 4.79 Å². The summed E-state index contributed by atoms with van der Waals surface area (Å²) in [7, 11) is 2.13. The third kappa shape index (κ3) is 4.27. The first-order valence-corrected chi connectivity index (χ1v) is 7.64. The van der Waals surface area contributed by atoms with Crippen molar-refractivity contribution in [2.24, 2.45) is 11.8 Å². The molecule has 3 nitrogen and oxygen atoms in total. The molecular formula is C15H30N2O. The van der Waals surface area contributed by atoms with E-state index < -0.39 is 0 Å². The largest absolute Gasteiger partial charge is 0.340 e. The highest BCUT2D eigenvalue weighted by atomic mass is 16.2. The molecule has 1 aliphatic heterocycles. The maximum atomic E-state index is 12.3. The second kappa shape index (κ2) is 7.78. The van der Waals surface area contributed by atoms with Gasteiger partial charge in [-0.05, 0) is 38.6 Å². The molecule has 18 heavy (non-hydrogen) atoms. The highest BCUT2D eigenvalue weighted by molar-refractivity contribution is 5.79. The molecule has 0 N–H and O–H groups in total. The van der Waals surface area contributed by atoms with Crippen molar-refractivity contribution in [1.82, 2.24) is 9.80 Å². The SMILES string of the molecule is CC.CC1CCC(C(=O)N2CCN(C)CC2)CC1. The quantitative estimate of drug-likeness (QED) is 0.718. The second-order valence-electron chi connectivity index (χ2n) is 5.59. The molecule has 3 heteroatoms. The molecule has 2 fully saturated rings. The molecule has 1 amide bonds. The number of carbonyl (C=O) groups excluding carboxylic acids is 1. The van der Waals surface area contributed by atoms with E-state index in [0.717, 1.165) is 44.9 Å². The number of likely N-dealkylation sites (N-methyl/N-ethyl adjacent to an activating group) is 1. The van der Waals surface area contributed by atoms with Gasteiger partial charge in [0.2, 0.25) is 5.91 Å². The van der Waals surface area contributed by atoms with Gasteiger partial charge in [0, 0.05) is 32.1 Å². The van der Waals surface area contributed by atoms with Crippen LogP contribution in [-0.4, -0.2) is 48.9 Å². The Morgan fingerprint density at radius 1 is 0.944 bits per heavy atom. The molecule has 0 aromatic heterocycles. The van der Waals surface area contributed by atoms with Crippen LogP contribution in [0.2, 0.25) is 0 Å². The Kier molecular flexibility index (Phi) is 6.69. The van der Waals surface area contributed by atoms with Crippen molar-refractivity contribution in [2.45, 2.75) is 46.5 Å². The van der Waals surface area contributed by atoms with Gasteiger partial charge in [-0.1, -0.05) is 20.8 Å². The lowest BCUT2D eigenvalue weighted by atomic mass is 9.82. The van der Waals surface area contributed by atoms with E-state index in [9.17, 15) is 4.79 Å². The Bertz CT molecular complexity index is 215. The average molecular weight is 254 g/mol. The summed E-state index contributed by atoms with van der Waals surface area (Å²) < 4.78 is 0. The normalized spacial score (nSPS) is 29.4. The minimum atomic E-state index is 0.333. The van der Waals surface area contributed by atoms with Crippen LogP contribution >= 0.6 is 0 Å². The van der Waals surface area contributed by atoms with Crippen molar-refractivity contribution in [3.05, 3.63) is 0 Å². The fourth-order valence-corrected chi connectivity index (χ4v) is 2.79. The molecular weight excluding hydrogens is 224 g/mol. The molecule has 0 atom stereocenters. The van der Waals surface area contributed by atoms with E-state index >= 15 is 0 Å². The summed E-state index contributed by atoms with van der Waals surface area (Å²) in [6, 6.07) is 0. The lowest BCUT2D eigenvalue weighted by Crippen LogP contribution is -2.49. The molecule has 0 aromatic rings. The zero-order chi connectivity index (χ0) is 13.5. The van der Waals surface area contributed by atoms with Crippen LogP contribution < -0.4 is 0 Å². The molecule has 0 unspecified atom stereocenters. The fraction of sp³-hybridized carbons (Fsp3) is 0.933. The molecule has 0 aromatic carbocycles. The summed E-state index contributed by atoms with van der Waals surface area (Å²) in [5.74, 6) is 1.59. The summed E-state index contributed by atoms with van der Waals surface area (Å²) >= 11 is 0. The van der Waals surface area contributed by atoms with E-state index in [1.807, 2.05) is 13.8 Å². The fourth-order valence-electron chi connectivity index (χ4n) is 2.79. The monoisotopic (exact) mass is 254 g/mol. The van der Waals surface area contributed by atoms with Crippen molar-refractivity contribution in [1.29, 1.82) is 0 Å². The van der Waals surface area contributed by atoms with Crippen LogP contribution in [0.4, 0.5) is 0 Å². The van der Waals surface area contributed by atoms with E-state index in [1.165, 1.54) is 12.8 Å². The highest BCUT2D eigenvalue weighted by Crippen LogP contribution is 2.29. The standard InChI is InChI=1S/C13H24N2O.C2H6/c1-11-3-5-12(6-4-11)13(16)15-9-7-14(2)8-10-15;1-2/h11-12H,3-10H2,1-2H3;1-2H3. The van der Waals surface area contributed by atoms with E-state index in [-0.39, 0.29) is 0 Å². The van der Waals surface area contributed by atoms with Crippen LogP contribution in [0.3, 0.4) is 0 Å². The number of hydrogen-bond acceptors (Lipinski definition) is 2. The molecule has 0 bridgehead atoms. The van der Waals surface area contributed by atoms with Gasteiger partial charge in [-0.3, -0.25) is 4.79 Å². The molecule has 0 radical (unpaired) electrons. The van der Waals surface area contributed by atoms with Crippen LogP contribution in [0.15, 0.2) is 0 Å². The van der Waals surface area contributed by atoms with Crippen molar-refractivity contribution in [2.75, 3.05) is 33.2 Å². The molecule has 1 heterocycles. The number of carbonyl (C=O) groups is 1. The third-order valence-electron chi connectivity index (χ3n) is 4.18. The van der Waals surface area contributed by atoms with Crippen molar-refractivity contribution in [3.8, 4) is 0 Å². The maximum Gasteiger partial charge on any atom is 0.225 e. The van der Waals surface area contributed by atoms with Crippen LogP contribution in [0.1, 0.15) is 46.5 Å². The predicted molar refractivity (Wildman–Crippen MR) is 76.5 cm³/mol. The van der Waals surface area contributed by atoms with Crippen molar-refractivity contribution in [3.63, 3.8) is 0 Å². The minimum absolute atomic E-state index is 0.333. The summed E-state index contributed by atoms with van der Waals surface area (Å²) in [6.45, 7) is 10.2. The van der Waals surface area contributed by atoms with Gasteiger partial charge in [-0.2, -0.15) is 0 Å². The van der Waals surface area contributed by atoms with Gasteiger partial charge in [0.15, 0.2) is 0 Å². The lowest BCUT2D eigenvalue weighted by molar-refractivity contribution is -0.138. The number of amides is 1. The smallest absolute Gasteiger partial charge is 0.225 e. The van der Waals surface area contributed by atoms with Crippen LogP contribution in [0.25, 0.3) is 0 Å². The molecule has 1 aliphatic carbocycles. The Balaban J connectivity index is 0.000000771. The van der Waals surface area contributed by atoms with Gasteiger partial charge >= 0.3 is 0 Å². The summed E-state index contributed by atoms with van der Waals surface area (Å²) in [5, 5.41) is 0. The van der Waals surface area contributed by atoms with Gasteiger partial charge in [0.25, 0.3) is 0 Å². The first-order chi connectivity index (χ1) is 8.66. The maximum absolute atomic E-state index is 12.3. The van der Waals surface area contributed by atoms with Gasteiger partial charge in [-0.15, -0.1) is 0 Å². The van der Waals surface area contributed by atoms with E-state index in [2.05, 4.69) is 23.8 Å². The van der Waals surface area contributed by atoms with Gasteiger partial charge in [0.05, 0.1) is 0 Å². The molecule has 1 saturated carbocycles. The number of rotatable bonds is 1. The average Bonchev–Trinajstić information content (AvgIpc) is 2.42. The highest BCUT2D eigenvalue weighted by Gasteiger charge is 2.29. The summed E-state index contributed by atoms with van der Waals surface area (Å²) in [4.78, 5) is 16.7. The minimum Gasteiger partial charge on any atom is -0.340 e. The number of nitrogens with zero attached hydrogens (tertiary/aromatic N) is 2. The Morgan fingerprint density at radius 3 is 1.94 bits per heavy atom. The first kappa shape index (κ1) is 15.5. The Morgan fingerprint density at radius 2 is 1.44 bits per heavy atom. The molecule has 1 saturated heterocycles. The number of hydrogen-bond donors (Lipinski definition) is 0. The van der Waals surface area contributed by atoms with Crippen molar-refractivity contribution < 1.29 is 4.79 Å². The topological polar surface area (TPSA) is 23.6 Å². The van der Waals surface area contributed by atoms with Gasteiger partial charge in [-0.25, -0.2) is 0 Å². The molecule has 2 aliphatic rings. The molecule has 106 valence electrons. The first-order valence-electron chi connectivity index (χ1n) is 7.64. The van der Waals surface area contributed by atoms with E-state index in [0.29, 0.717) is 11.8 Å². The Labute approximate surface area is 113 Å². The van der Waals surface area contributed by atoms with E-state index in [4.69, 9.17) is 0 Å². The van der Waals surface area contributed by atoms with Gasteiger partial charge < -0.3 is 9.80 Å². The number of piperazine rings is 1. The van der Waals surface area contributed by atoms with Crippen LogP contribution in [0.5, 0.6) is 0 Å². The summed E-state index contributed by atoms with van der Waals surface area (Å²) in [5.41, 5.74) is 0. The summed E-state index contributed by atoms with van der Waals surface area (Å²) in [6.07, 6.45) is 4.72. The zero-order valence-corrected chi connectivity index (χ0v) is 12.6. The molecule has 2 rings (SSSR count). The van der Waals surface area contributed by atoms with Crippen molar-refractivity contribution >= 4 is 5.91 Å². The predicted octanol–water partition coefficient (Wildman–Crippen LogP) is 2.61. The van der Waals surface area contributed by atoms with Crippen LogP contribution in [0, 0.1) is 11.8 Å². The third-order valence-corrected chi connectivity index (χ3v) is 4.18. The molecule has 0 spiro atoms. The second-order valence-corrected chi connectivity index (χ2v) is 5.59. The van der Waals surface area contributed by atoms with E-state index in [1.54, 1.807) is 0 Å². The zero-order valence-electron chi connectivity index (χ0n) is 12.6. The lowest BCUT2D eigenvalue weighted by Gasteiger charge is -2.36. The van der Waals surface area contributed by atoms with Gasteiger partial charge in [0.1, 0.15) is 0 Å². The Hall–Kier alpha value is -0.570.